The highest BCUT2D eigenvalue weighted by Crippen LogP contribution is 2.31. The number of anilines is 1. The molecule has 2 aromatic carbocycles. The van der Waals surface area contributed by atoms with Crippen LogP contribution in [0, 0.1) is 0 Å². The number of methoxy groups -OCH3 is 1. The summed E-state index contributed by atoms with van der Waals surface area (Å²) in [5, 5.41) is 9.65. The number of hydrogen-bond donors (Lipinski definition) is 1. The number of nitrogens with zero attached hydrogens (tertiary/aromatic N) is 2. The maximum atomic E-state index is 9.65. The fraction of sp³-hybridized carbons (Fsp3) is 0.417. The van der Waals surface area contributed by atoms with E-state index in [9.17, 15) is 5.11 Å². The number of aromatic hydroxyl groups is 1. The molecule has 5 heteroatoms. The molecule has 0 aromatic heterocycles. The maximum absolute atomic E-state index is 9.65. The Morgan fingerprint density at radius 1 is 1.03 bits per heavy atom. The van der Waals surface area contributed by atoms with Crippen LogP contribution in [0.5, 0.6) is 17.2 Å². The minimum absolute atomic E-state index is 0.289. The maximum Gasteiger partial charge on any atom is 0.142 e. The first-order valence-electron chi connectivity index (χ1n) is 10.5. The number of para-hydroxylation sites is 2. The zero-order chi connectivity index (χ0) is 20.1. The van der Waals surface area contributed by atoms with E-state index in [0.717, 1.165) is 62.6 Å². The molecule has 2 aromatic rings. The van der Waals surface area contributed by atoms with Crippen molar-refractivity contribution in [3.63, 3.8) is 0 Å². The molecule has 0 bridgehead atoms. The molecule has 154 valence electrons. The standard InChI is InChI=1S/C24H30N2O3/c1-28-24-8-3-2-7-22(24)26-14-12-25(13-15-26)11-5-4-6-19-16-20-17-21(27)9-10-23(20)29-18-19/h2-3,7-10,16-17,27H,4-6,11-15,18H2,1H3. The van der Waals surface area contributed by atoms with Crippen molar-refractivity contribution in [2.45, 2.75) is 19.3 Å². The predicted octanol–water partition coefficient (Wildman–Crippen LogP) is 4.17. The Morgan fingerprint density at radius 3 is 2.69 bits per heavy atom. The van der Waals surface area contributed by atoms with Crippen LogP contribution in [0.2, 0.25) is 0 Å². The van der Waals surface area contributed by atoms with Gasteiger partial charge in [-0.05, 0) is 67.8 Å². The van der Waals surface area contributed by atoms with Crippen molar-refractivity contribution in [3.05, 3.63) is 53.6 Å². The molecule has 0 saturated carbocycles. The molecule has 0 radical (unpaired) electrons. The normalized spacial score (nSPS) is 16.7. The van der Waals surface area contributed by atoms with E-state index in [1.54, 1.807) is 19.2 Å². The van der Waals surface area contributed by atoms with Gasteiger partial charge in [0.2, 0.25) is 0 Å². The molecule has 29 heavy (non-hydrogen) atoms. The fourth-order valence-corrected chi connectivity index (χ4v) is 4.15. The van der Waals surface area contributed by atoms with Gasteiger partial charge < -0.3 is 19.5 Å². The van der Waals surface area contributed by atoms with E-state index in [1.165, 1.54) is 17.7 Å². The first kappa shape index (κ1) is 19.6. The minimum Gasteiger partial charge on any atom is -0.508 e. The van der Waals surface area contributed by atoms with E-state index in [0.29, 0.717) is 6.61 Å². The Morgan fingerprint density at radius 2 is 1.86 bits per heavy atom. The van der Waals surface area contributed by atoms with Gasteiger partial charge in [0.15, 0.2) is 0 Å². The quantitative estimate of drug-likeness (QED) is 0.714. The van der Waals surface area contributed by atoms with E-state index < -0.39 is 0 Å². The van der Waals surface area contributed by atoms with E-state index in [4.69, 9.17) is 9.47 Å². The van der Waals surface area contributed by atoms with Crippen LogP contribution in [-0.2, 0) is 0 Å². The number of ether oxygens (including phenoxy) is 2. The minimum atomic E-state index is 0.289. The van der Waals surface area contributed by atoms with Crippen LogP contribution >= 0.6 is 0 Å². The Labute approximate surface area is 173 Å². The number of benzene rings is 2. The third-order valence-corrected chi connectivity index (χ3v) is 5.79. The van der Waals surface area contributed by atoms with Gasteiger partial charge in [-0.15, -0.1) is 0 Å². The molecule has 0 aliphatic carbocycles. The van der Waals surface area contributed by atoms with E-state index in [2.05, 4.69) is 28.0 Å². The highest BCUT2D eigenvalue weighted by molar-refractivity contribution is 5.63. The Hall–Kier alpha value is -2.66. The van der Waals surface area contributed by atoms with Gasteiger partial charge in [-0.2, -0.15) is 0 Å². The van der Waals surface area contributed by atoms with Crippen molar-refractivity contribution < 1.29 is 14.6 Å². The molecule has 2 heterocycles. The summed E-state index contributed by atoms with van der Waals surface area (Å²) in [7, 11) is 1.74. The molecule has 0 unspecified atom stereocenters. The third-order valence-electron chi connectivity index (χ3n) is 5.79. The largest absolute Gasteiger partial charge is 0.508 e. The SMILES string of the molecule is COc1ccccc1N1CCN(CCCCC2=Cc3cc(O)ccc3OC2)CC1. The average Bonchev–Trinajstić information content (AvgIpc) is 2.77. The summed E-state index contributed by atoms with van der Waals surface area (Å²) in [6.45, 7) is 6.08. The second-order valence-electron chi connectivity index (χ2n) is 7.77. The van der Waals surface area contributed by atoms with Crippen LogP contribution in [-0.4, -0.2) is 56.4 Å². The van der Waals surface area contributed by atoms with Crippen LogP contribution in [0.15, 0.2) is 48.0 Å². The Bertz CT molecular complexity index is 857. The van der Waals surface area contributed by atoms with Crippen molar-refractivity contribution in [2.75, 3.05) is 51.3 Å². The number of hydrogen-bond acceptors (Lipinski definition) is 5. The van der Waals surface area contributed by atoms with Gasteiger partial charge in [-0.25, -0.2) is 0 Å². The van der Waals surface area contributed by atoms with E-state index >= 15 is 0 Å². The lowest BCUT2D eigenvalue weighted by molar-refractivity contribution is 0.251. The summed E-state index contributed by atoms with van der Waals surface area (Å²) >= 11 is 0. The summed E-state index contributed by atoms with van der Waals surface area (Å²) in [5.74, 6) is 2.11. The van der Waals surface area contributed by atoms with Crippen molar-refractivity contribution >= 4 is 11.8 Å². The predicted molar refractivity (Wildman–Crippen MR) is 117 cm³/mol. The van der Waals surface area contributed by atoms with Crippen molar-refractivity contribution in [3.8, 4) is 17.2 Å². The highest BCUT2D eigenvalue weighted by atomic mass is 16.5. The van der Waals surface area contributed by atoms with Gasteiger partial charge in [0.25, 0.3) is 0 Å². The average molecular weight is 395 g/mol. The zero-order valence-electron chi connectivity index (χ0n) is 17.1. The third kappa shape index (κ3) is 4.85. The van der Waals surface area contributed by atoms with E-state index in [-0.39, 0.29) is 5.75 Å². The number of rotatable bonds is 7. The van der Waals surface area contributed by atoms with E-state index in [1.807, 2.05) is 18.2 Å². The van der Waals surface area contributed by atoms with Crippen LogP contribution < -0.4 is 14.4 Å². The number of piperazine rings is 1. The second kappa shape index (κ2) is 9.23. The summed E-state index contributed by atoms with van der Waals surface area (Å²) in [5.41, 5.74) is 3.49. The van der Waals surface area contributed by atoms with Gasteiger partial charge >= 0.3 is 0 Å². The number of unbranched alkanes of at least 4 members (excludes halogenated alkanes) is 1. The molecule has 5 nitrogen and oxygen atoms in total. The van der Waals surface area contributed by atoms with Crippen molar-refractivity contribution in [2.24, 2.45) is 0 Å². The van der Waals surface area contributed by atoms with Crippen molar-refractivity contribution in [1.29, 1.82) is 0 Å². The highest BCUT2D eigenvalue weighted by Gasteiger charge is 2.19. The summed E-state index contributed by atoms with van der Waals surface area (Å²) < 4.78 is 11.3. The fourth-order valence-electron chi connectivity index (χ4n) is 4.15. The zero-order valence-corrected chi connectivity index (χ0v) is 17.1. The molecule has 0 atom stereocenters. The molecule has 4 rings (SSSR count). The molecule has 2 aliphatic heterocycles. The van der Waals surface area contributed by atoms with Gasteiger partial charge in [0.05, 0.1) is 12.8 Å². The number of fused-ring (bicyclic) bond motifs is 1. The molecule has 0 spiro atoms. The summed E-state index contributed by atoms with van der Waals surface area (Å²) in [4.78, 5) is 4.98. The molecular weight excluding hydrogens is 364 g/mol. The van der Waals surface area contributed by atoms with Gasteiger partial charge in [-0.1, -0.05) is 12.1 Å². The van der Waals surface area contributed by atoms with Gasteiger partial charge in [0.1, 0.15) is 23.9 Å². The van der Waals surface area contributed by atoms with Gasteiger partial charge in [0, 0.05) is 31.7 Å². The lowest BCUT2D eigenvalue weighted by Crippen LogP contribution is -2.46. The molecule has 2 aliphatic rings. The smallest absolute Gasteiger partial charge is 0.142 e. The second-order valence-corrected chi connectivity index (χ2v) is 7.77. The van der Waals surface area contributed by atoms with Crippen LogP contribution in [0.1, 0.15) is 24.8 Å². The monoisotopic (exact) mass is 394 g/mol. The Balaban J connectivity index is 1.20. The first-order valence-corrected chi connectivity index (χ1v) is 10.5. The van der Waals surface area contributed by atoms with Crippen molar-refractivity contribution in [1.82, 2.24) is 4.90 Å². The molecule has 0 amide bonds. The van der Waals surface area contributed by atoms with Gasteiger partial charge in [-0.3, -0.25) is 4.90 Å². The molecule has 1 fully saturated rings. The van der Waals surface area contributed by atoms with Crippen LogP contribution in [0.4, 0.5) is 5.69 Å². The van der Waals surface area contributed by atoms with Crippen LogP contribution in [0.3, 0.4) is 0 Å². The topological polar surface area (TPSA) is 45.2 Å². The Kier molecular flexibility index (Phi) is 6.25. The lowest BCUT2D eigenvalue weighted by atomic mass is 10.0. The molecule has 1 N–H and O–H groups in total. The number of phenolic OH excluding ortho intramolecular Hbond substituents is 1. The lowest BCUT2D eigenvalue weighted by Gasteiger charge is -2.36. The number of phenols is 1. The summed E-state index contributed by atoms with van der Waals surface area (Å²) in [6, 6.07) is 13.6. The van der Waals surface area contributed by atoms with Crippen LogP contribution in [0.25, 0.3) is 6.08 Å². The first-order chi connectivity index (χ1) is 14.2. The summed E-state index contributed by atoms with van der Waals surface area (Å²) in [6.07, 6.45) is 5.58. The molecule has 1 saturated heterocycles. The molecular formula is C24H30N2O3.